The number of nitrogens with zero attached hydrogens (tertiary/aromatic N) is 2. The summed E-state index contributed by atoms with van der Waals surface area (Å²) in [6.07, 6.45) is 2.16. The van der Waals surface area contributed by atoms with Gasteiger partial charge in [0.05, 0.1) is 11.4 Å². The van der Waals surface area contributed by atoms with Crippen molar-refractivity contribution in [2.45, 2.75) is 40.5 Å². The van der Waals surface area contributed by atoms with Crippen molar-refractivity contribution in [3.63, 3.8) is 0 Å². The van der Waals surface area contributed by atoms with Gasteiger partial charge in [-0.05, 0) is 49.8 Å². The van der Waals surface area contributed by atoms with Gasteiger partial charge in [-0.1, -0.05) is 26.0 Å². The van der Waals surface area contributed by atoms with Crippen LogP contribution in [-0.4, -0.2) is 16.3 Å². The molecule has 3 rings (SSSR count). The van der Waals surface area contributed by atoms with Crippen LogP contribution in [0.2, 0.25) is 0 Å². The van der Waals surface area contributed by atoms with E-state index in [4.69, 9.17) is 5.10 Å². The molecule has 1 aliphatic rings. The van der Waals surface area contributed by atoms with Crippen LogP contribution in [0, 0.1) is 19.8 Å². The van der Waals surface area contributed by atoms with Gasteiger partial charge in [0.25, 0.3) is 0 Å². The Morgan fingerprint density at radius 2 is 2.10 bits per heavy atom. The van der Waals surface area contributed by atoms with Crippen LogP contribution < -0.4 is 5.32 Å². The van der Waals surface area contributed by atoms with Crippen LogP contribution in [0.15, 0.2) is 18.2 Å². The Morgan fingerprint density at radius 3 is 2.85 bits per heavy atom. The number of nitrogens with one attached hydrogen (secondary N) is 1. The lowest BCUT2D eigenvalue weighted by Crippen LogP contribution is -2.07. The monoisotopic (exact) mass is 269 g/mol. The molecule has 0 saturated heterocycles. The average molecular weight is 269 g/mol. The third kappa shape index (κ3) is 2.21. The summed E-state index contributed by atoms with van der Waals surface area (Å²) >= 11 is 0. The zero-order valence-corrected chi connectivity index (χ0v) is 12.8. The molecule has 1 N–H and O–H groups in total. The van der Waals surface area contributed by atoms with Crippen molar-refractivity contribution in [3.8, 4) is 5.69 Å². The second-order valence-electron chi connectivity index (χ2n) is 6.25. The van der Waals surface area contributed by atoms with E-state index in [2.05, 4.69) is 55.9 Å². The summed E-state index contributed by atoms with van der Waals surface area (Å²) in [7, 11) is 0. The minimum Gasteiger partial charge on any atom is -0.369 e. The van der Waals surface area contributed by atoms with Crippen molar-refractivity contribution >= 4 is 5.82 Å². The molecule has 0 bridgehead atoms. The van der Waals surface area contributed by atoms with E-state index in [-0.39, 0.29) is 0 Å². The quantitative estimate of drug-likeness (QED) is 0.921. The van der Waals surface area contributed by atoms with Crippen LogP contribution >= 0.6 is 0 Å². The van der Waals surface area contributed by atoms with Crippen LogP contribution in [0.4, 0.5) is 5.82 Å². The lowest BCUT2D eigenvalue weighted by Gasteiger charge is -2.10. The molecule has 0 radical (unpaired) electrons. The summed E-state index contributed by atoms with van der Waals surface area (Å²) in [5.41, 5.74) is 6.43. The lowest BCUT2D eigenvalue weighted by atomic mass is 10.0. The molecule has 3 heteroatoms. The van der Waals surface area contributed by atoms with Crippen molar-refractivity contribution in [3.05, 3.63) is 40.6 Å². The van der Waals surface area contributed by atoms with Gasteiger partial charge in [-0.25, -0.2) is 4.68 Å². The summed E-state index contributed by atoms with van der Waals surface area (Å²) in [5, 5.41) is 8.41. The normalized spacial score (nSPS) is 13.7. The molecule has 3 nitrogen and oxygen atoms in total. The van der Waals surface area contributed by atoms with Gasteiger partial charge in [0.1, 0.15) is 5.82 Å². The summed E-state index contributed by atoms with van der Waals surface area (Å²) in [4.78, 5) is 0. The molecule has 2 heterocycles. The molecule has 0 fully saturated rings. The first-order chi connectivity index (χ1) is 9.56. The van der Waals surface area contributed by atoms with Gasteiger partial charge in [0, 0.05) is 12.1 Å². The molecule has 1 aliphatic heterocycles. The number of anilines is 1. The van der Waals surface area contributed by atoms with E-state index in [1.54, 1.807) is 0 Å². The topological polar surface area (TPSA) is 29.9 Å². The van der Waals surface area contributed by atoms with E-state index in [9.17, 15) is 0 Å². The fourth-order valence-corrected chi connectivity index (χ4v) is 2.92. The first-order valence-electron chi connectivity index (χ1n) is 7.48. The number of hydrogen-bond acceptors (Lipinski definition) is 2. The molecule has 0 atom stereocenters. The Labute approximate surface area is 121 Å². The summed E-state index contributed by atoms with van der Waals surface area (Å²) in [6.45, 7) is 9.83. The highest BCUT2D eigenvalue weighted by molar-refractivity contribution is 5.58. The number of benzene rings is 1. The maximum Gasteiger partial charge on any atom is 0.133 e. The van der Waals surface area contributed by atoms with E-state index in [0.717, 1.165) is 19.4 Å². The van der Waals surface area contributed by atoms with Gasteiger partial charge in [-0.3, -0.25) is 0 Å². The molecule has 106 valence electrons. The Hall–Kier alpha value is -1.77. The Bertz CT molecular complexity index is 638. The zero-order chi connectivity index (χ0) is 14.3. The second kappa shape index (κ2) is 4.97. The minimum atomic E-state index is 0.640. The molecular formula is C17H23N3. The average Bonchev–Trinajstić information content (AvgIpc) is 2.96. The molecule has 0 unspecified atom stereocenters. The third-order valence-corrected chi connectivity index (χ3v) is 3.93. The van der Waals surface area contributed by atoms with Gasteiger partial charge in [0.2, 0.25) is 0 Å². The largest absolute Gasteiger partial charge is 0.369 e. The first kappa shape index (κ1) is 13.2. The molecule has 0 amide bonds. The highest BCUT2D eigenvalue weighted by Gasteiger charge is 2.23. The van der Waals surface area contributed by atoms with Crippen molar-refractivity contribution in [2.75, 3.05) is 11.9 Å². The number of hydrogen-bond donors (Lipinski definition) is 1. The molecule has 0 saturated carbocycles. The Kier molecular flexibility index (Phi) is 3.28. The minimum absolute atomic E-state index is 0.640. The maximum atomic E-state index is 4.90. The smallest absolute Gasteiger partial charge is 0.133 e. The van der Waals surface area contributed by atoms with E-state index in [0.29, 0.717) is 5.92 Å². The van der Waals surface area contributed by atoms with E-state index >= 15 is 0 Å². The molecule has 2 aromatic rings. The lowest BCUT2D eigenvalue weighted by molar-refractivity contribution is 0.624. The van der Waals surface area contributed by atoms with Crippen LogP contribution in [-0.2, 0) is 12.8 Å². The molecule has 1 aromatic carbocycles. The predicted octanol–water partition coefficient (Wildman–Crippen LogP) is 3.66. The standard InChI is InChI=1S/C17H23N3/c1-11(2)9-15-14-7-8-18-17(14)20(19-15)16-10-12(3)5-6-13(16)4/h5-6,10-11,18H,7-9H2,1-4H3. The van der Waals surface area contributed by atoms with E-state index < -0.39 is 0 Å². The van der Waals surface area contributed by atoms with Gasteiger partial charge in [0.15, 0.2) is 0 Å². The Morgan fingerprint density at radius 1 is 1.30 bits per heavy atom. The number of fused-ring (bicyclic) bond motifs is 1. The van der Waals surface area contributed by atoms with Gasteiger partial charge >= 0.3 is 0 Å². The van der Waals surface area contributed by atoms with Gasteiger partial charge in [-0.2, -0.15) is 5.10 Å². The van der Waals surface area contributed by atoms with Crippen LogP contribution in [0.1, 0.15) is 36.2 Å². The third-order valence-electron chi connectivity index (χ3n) is 3.93. The van der Waals surface area contributed by atoms with Crippen LogP contribution in [0.25, 0.3) is 5.69 Å². The van der Waals surface area contributed by atoms with Crippen molar-refractivity contribution < 1.29 is 0 Å². The van der Waals surface area contributed by atoms with E-state index in [1.807, 2.05) is 0 Å². The second-order valence-corrected chi connectivity index (χ2v) is 6.25. The van der Waals surface area contributed by atoms with Crippen molar-refractivity contribution in [1.29, 1.82) is 0 Å². The molecule has 1 aromatic heterocycles. The summed E-state index contributed by atoms with van der Waals surface area (Å²) < 4.78 is 2.11. The number of aryl methyl sites for hydroxylation is 2. The highest BCUT2D eigenvalue weighted by Crippen LogP contribution is 2.31. The number of rotatable bonds is 3. The number of aromatic nitrogens is 2. The fourth-order valence-electron chi connectivity index (χ4n) is 2.92. The molecule has 0 spiro atoms. The predicted molar refractivity (Wildman–Crippen MR) is 83.8 cm³/mol. The first-order valence-corrected chi connectivity index (χ1v) is 7.48. The SMILES string of the molecule is Cc1ccc(C)c(-n2nc(CC(C)C)c3c2NCC3)c1. The van der Waals surface area contributed by atoms with Gasteiger partial charge < -0.3 is 5.32 Å². The maximum absolute atomic E-state index is 4.90. The van der Waals surface area contributed by atoms with Crippen LogP contribution in [0.5, 0.6) is 0 Å². The van der Waals surface area contributed by atoms with Crippen LogP contribution in [0.3, 0.4) is 0 Å². The Balaban J connectivity index is 2.12. The molecule has 0 aliphatic carbocycles. The zero-order valence-electron chi connectivity index (χ0n) is 12.8. The van der Waals surface area contributed by atoms with Crippen molar-refractivity contribution in [1.82, 2.24) is 9.78 Å². The van der Waals surface area contributed by atoms with Gasteiger partial charge in [-0.15, -0.1) is 0 Å². The van der Waals surface area contributed by atoms with Crippen molar-refractivity contribution in [2.24, 2.45) is 5.92 Å². The highest BCUT2D eigenvalue weighted by atomic mass is 15.3. The van der Waals surface area contributed by atoms with E-state index in [1.165, 1.54) is 33.9 Å². The molecular weight excluding hydrogens is 246 g/mol. The summed E-state index contributed by atoms with van der Waals surface area (Å²) in [6, 6.07) is 6.56. The molecule has 20 heavy (non-hydrogen) atoms. The fraction of sp³-hybridized carbons (Fsp3) is 0.471. The summed E-state index contributed by atoms with van der Waals surface area (Å²) in [5.74, 6) is 1.84.